The highest BCUT2D eigenvalue weighted by Crippen LogP contribution is 2.34. The minimum Gasteiger partial charge on any atom is -0.484 e. The number of fused-ring (bicyclic) bond motifs is 1. The highest BCUT2D eigenvalue weighted by atomic mass is 19.1. The van der Waals surface area contributed by atoms with Gasteiger partial charge in [0.2, 0.25) is 5.78 Å². The number of carboxylic acids is 1. The number of ether oxygens (including phenoxy) is 2. The molecule has 1 heterocycles. The lowest BCUT2D eigenvalue weighted by Crippen LogP contribution is -2.36. The van der Waals surface area contributed by atoms with Crippen LogP contribution in [0.25, 0.3) is 6.08 Å². The monoisotopic (exact) mass is 447 g/mol. The number of carboxylic acid groups (broad SMARTS) is 1. The number of aliphatic carboxylic acids is 1. The molecule has 1 aliphatic rings. The van der Waals surface area contributed by atoms with Crippen molar-refractivity contribution in [3.8, 4) is 11.5 Å². The number of benzene rings is 3. The fourth-order valence-corrected chi connectivity index (χ4v) is 3.25. The van der Waals surface area contributed by atoms with Gasteiger partial charge in [-0.25, -0.2) is 9.18 Å². The molecule has 7 nitrogen and oxygen atoms in total. The first-order valence-electron chi connectivity index (χ1n) is 9.94. The van der Waals surface area contributed by atoms with Crippen molar-refractivity contribution in [3.05, 3.63) is 101 Å². The molecule has 33 heavy (non-hydrogen) atoms. The van der Waals surface area contributed by atoms with E-state index in [-0.39, 0.29) is 28.9 Å². The smallest absolute Gasteiger partial charge is 0.330 e. The van der Waals surface area contributed by atoms with E-state index in [0.29, 0.717) is 16.7 Å². The van der Waals surface area contributed by atoms with Crippen molar-refractivity contribution in [2.24, 2.45) is 0 Å². The van der Waals surface area contributed by atoms with Gasteiger partial charge in [0.05, 0.1) is 5.56 Å². The van der Waals surface area contributed by atoms with E-state index in [0.717, 1.165) is 0 Å². The summed E-state index contributed by atoms with van der Waals surface area (Å²) in [6.07, 6.45) is 1.51. The molecule has 0 fully saturated rings. The number of hydrogen-bond donors (Lipinski definition) is 2. The molecule has 8 heteroatoms. The molecule has 0 spiro atoms. The number of carbonyl (C=O) groups is 3. The van der Waals surface area contributed by atoms with Gasteiger partial charge in [-0.2, -0.15) is 0 Å². The van der Waals surface area contributed by atoms with Crippen LogP contribution >= 0.6 is 0 Å². The van der Waals surface area contributed by atoms with Gasteiger partial charge >= 0.3 is 5.97 Å². The van der Waals surface area contributed by atoms with Crippen LogP contribution in [0.5, 0.6) is 11.5 Å². The van der Waals surface area contributed by atoms with E-state index in [1.54, 1.807) is 30.3 Å². The number of hydrogen-bond acceptors (Lipinski definition) is 5. The number of nitrogens with one attached hydrogen (secondary N) is 1. The maximum atomic E-state index is 13.1. The summed E-state index contributed by atoms with van der Waals surface area (Å²) in [5, 5.41) is 11.8. The van der Waals surface area contributed by atoms with Crippen molar-refractivity contribution in [2.75, 3.05) is 6.61 Å². The Labute approximate surface area is 188 Å². The first kappa shape index (κ1) is 21.8. The largest absolute Gasteiger partial charge is 0.484 e. The van der Waals surface area contributed by atoms with Crippen molar-refractivity contribution in [1.82, 2.24) is 5.32 Å². The van der Waals surface area contributed by atoms with Crippen LogP contribution in [0.4, 0.5) is 4.39 Å². The van der Waals surface area contributed by atoms with Crippen LogP contribution in [0.15, 0.2) is 78.6 Å². The van der Waals surface area contributed by atoms with Crippen molar-refractivity contribution in [3.63, 3.8) is 0 Å². The highest BCUT2D eigenvalue weighted by Gasteiger charge is 2.28. The number of rotatable bonds is 7. The topological polar surface area (TPSA) is 102 Å². The van der Waals surface area contributed by atoms with Crippen molar-refractivity contribution < 1.29 is 33.4 Å². The Morgan fingerprint density at radius 3 is 2.48 bits per heavy atom. The number of ketones is 1. The molecule has 3 aromatic carbocycles. The van der Waals surface area contributed by atoms with Gasteiger partial charge in [0.15, 0.2) is 18.4 Å². The fourth-order valence-electron chi connectivity index (χ4n) is 3.25. The second-order valence-corrected chi connectivity index (χ2v) is 7.19. The van der Waals surface area contributed by atoms with Gasteiger partial charge in [0, 0.05) is 6.07 Å². The third-order valence-corrected chi connectivity index (χ3v) is 4.86. The lowest BCUT2D eigenvalue weighted by atomic mass is 10.1. The molecule has 1 unspecified atom stereocenters. The molecule has 4 rings (SSSR count). The molecular weight excluding hydrogens is 429 g/mol. The first-order chi connectivity index (χ1) is 15.9. The average molecular weight is 447 g/mol. The summed E-state index contributed by atoms with van der Waals surface area (Å²) in [6, 6.07) is 17.2. The minimum absolute atomic E-state index is 0.0821. The van der Waals surface area contributed by atoms with Crippen LogP contribution in [-0.4, -0.2) is 29.4 Å². The Morgan fingerprint density at radius 2 is 1.79 bits per heavy atom. The van der Waals surface area contributed by atoms with Crippen LogP contribution in [0, 0.1) is 5.82 Å². The van der Waals surface area contributed by atoms with E-state index < -0.39 is 24.5 Å². The van der Waals surface area contributed by atoms with Gasteiger partial charge < -0.3 is 19.9 Å². The molecular formula is C25H18FNO6. The van der Waals surface area contributed by atoms with Crippen molar-refractivity contribution in [2.45, 2.75) is 6.04 Å². The zero-order valence-electron chi connectivity index (χ0n) is 17.2. The molecule has 0 radical (unpaired) electrons. The number of Topliss-reactive ketones (excluding diaryl/α,β-unsaturated/α-hetero) is 1. The van der Waals surface area contributed by atoms with Crippen LogP contribution < -0.4 is 14.8 Å². The summed E-state index contributed by atoms with van der Waals surface area (Å²) in [7, 11) is 0. The molecule has 1 amide bonds. The van der Waals surface area contributed by atoms with Gasteiger partial charge in [-0.05, 0) is 41.5 Å². The Hall–Kier alpha value is -4.46. The van der Waals surface area contributed by atoms with E-state index in [9.17, 15) is 23.9 Å². The summed E-state index contributed by atoms with van der Waals surface area (Å²) in [6.45, 7) is -0.429. The molecule has 1 atom stereocenters. The summed E-state index contributed by atoms with van der Waals surface area (Å²) >= 11 is 0. The summed E-state index contributed by atoms with van der Waals surface area (Å²) < 4.78 is 24.1. The molecule has 0 bridgehead atoms. The van der Waals surface area contributed by atoms with Gasteiger partial charge in [0.1, 0.15) is 17.3 Å². The van der Waals surface area contributed by atoms with Crippen molar-refractivity contribution >= 4 is 23.7 Å². The molecule has 0 saturated carbocycles. The maximum Gasteiger partial charge on any atom is 0.330 e. The zero-order chi connectivity index (χ0) is 23.4. The highest BCUT2D eigenvalue weighted by molar-refractivity contribution is 6.14. The van der Waals surface area contributed by atoms with E-state index >= 15 is 0 Å². The first-order valence-corrected chi connectivity index (χ1v) is 9.94. The molecule has 1 aliphatic heterocycles. The van der Waals surface area contributed by atoms with Crippen LogP contribution in [-0.2, 0) is 9.59 Å². The minimum atomic E-state index is -1.21. The van der Waals surface area contributed by atoms with E-state index in [1.165, 1.54) is 48.5 Å². The fraction of sp³-hybridized carbons (Fsp3) is 0.0800. The maximum absolute atomic E-state index is 13.1. The molecule has 166 valence electrons. The standard InChI is InChI=1S/C25H18FNO6/c26-17-8-6-15(7-9-17)12-21-24(29)19-11-10-18(13-20(19)33-21)32-14-22(28)27-23(25(30)31)16-4-2-1-3-5-16/h1-13,23H,14H2,(H,27,28)(H,30,31). The average Bonchev–Trinajstić information content (AvgIpc) is 3.12. The number of amides is 1. The quantitative estimate of drug-likeness (QED) is 0.535. The van der Waals surface area contributed by atoms with E-state index in [4.69, 9.17) is 9.47 Å². The SMILES string of the molecule is O=C(COc1ccc2c(c1)OC(=Cc1ccc(F)cc1)C2=O)NC(C(=O)O)c1ccccc1. The number of carbonyl (C=O) groups excluding carboxylic acids is 2. The number of halogens is 1. The normalized spacial score (nSPS) is 14.3. The summed E-state index contributed by atoms with van der Waals surface area (Å²) in [4.78, 5) is 36.3. The van der Waals surface area contributed by atoms with Gasteiger partial charge in [-0.1, -0.05) is 42.5 Å². The molecule has 0 aromatic heterocycles. The van der Waals surface area contributed by atoms with Crippen LogP contribution in [0.2, 0.25) is 0 Å². The lowest BCUT2D eigenvalue weighted by molar-refractivity contribution is -0.142. The van der Waals surface area contributed by atoms with Gasteiger partial charge in [-0.15, -0.1) is 0 Å². The predicted octanol–water partition coefficient (Wildman–Crippen LogP) is 3.76. The van der Waals surface area contributed by atoms with Crippen LogP contribution in [0.1, 0.15) is 27.5 Å². The predicted molar refractivity (Wildman–Crippen MR) is 116 cm³/mol. The Balaban J connectivity index is 1.40. The summed E-state index contributed by atoms with van der Waals surface area (Å²) in [5.74, 6) is -1.92. The third-order valence-electron chi connectivity index (χ3n) is 4.86. The Morgan fingerprint density at radius 1 is 1.06 bits per heavy atom. The summed E-state index contributed by atoms with van der Waals surface area (Å²) in [5.41, 5.74) is 1.37. The third kappa shape index (κ3) is 5.07. The number of allylic oxidation sites excluding steroid dienone is 1. The van der Waals surface area contributed by atoms with Crippen molar-refractivity contribution in [1.29, 1.82) is 0 Å². The van der Waals surface area contributed by atoms with E-state index in [1.807, 2.05) is 0 Å². The van der Waals surface area contributed by atoms with Gasteiger partial charge in [-0.3, -0.25) is 9.59 Å². The molecule has 3 aromatic rings. The van der Waals surface area contributed by atoms with E-state index in [2.05, 4.69) is 5.32 Å². The zero-order valence-corrected chi connectivity index (χ0v) is 17.2. The second kappa shape index (κ2) is 9.35. The molecule has 0 aliphatic carbocycles. The Kier molecular flexibility index (Phi) is 6.17. The molecule has 2 N–H and O–H groups in total. The van der Waals surface area contributed by atoms with Crippen LogP contribution in [0.3, 0.4) is 0 Å². The second-order valence-electron chi connectivity index (χ2n) is 7.19. The molecule has 0 saturated heterocycles. The Bertz CT molecular complexity index is 1240. The van der Waals surface area contributed by atoms with Gasteiger partial charge in [0.25, 0.3) is 5.91 Å². The lowest BCUT2D eigenvalue weighted by Gasteiger charge is -2.15.